The summed E-state index contributed by atoms with van der Waals surface area (Å²) in [6.45, 7) is 1.53. The van der Waals surface area contributed by atoms with Crippen molar-refractivity contribution in [1.82, 2.24) is 0 Å². The Labute approximate surface area is 95.4 Å². The Morgan fingerprint density at radius 3 is 2.87 bits per heavy atom. The van der Waals surface area contributed by atoms with Crippen LogP contribution in [0.5, 0.6) is 0 Å². The van der Waals surface area contributed by atoms with E-state index in [4.69, 9.17) is 10.5 Å². The van der Waals surface area contributed by atoms with E-state index >= 15 is 0 Å². The van der Waals surface area contributed by atoms with Crippen LogP contribution in [-0.2, 0) is 11.2 Å². The molecule has 15 heavy (non-hydrogen) atoms. The van der Waals surface area contributed by atoms with Gasteiger partial charge < -0.3 is 10.5 Å². The van der Waals surface area contributed by atoms with E-state index in [0.717, 1.165) is 32.5 Å². The molecule has 1 aromatic heterocycles. The molecular formula is C12H19NOS. The summed E-state index contributed by atoms with van der Waals surface area (Å²) in [6.07, 6.45) is 5.81. The van der Waals surface area contributed by atoms with Gasteiger partial charge in [0.15, 0.2) is 0 Å². The molecule has 0 saturated heterocycles. The van der Waals surface area contributed by atoms with Gasteiger partial charge in [-0.25, -0.2) is 0 Å². The van der Waals surface area contributed by atoms with E-state index < -0.39 is 0 Å². The molecule has 3 heteroatoms. The second-order valence-electron chi connectivity index (χ2n) is 4.50. The minimum atomic E-state index is -0.0192. The Morgan fingerprint density at radius 2 is 2.20 bits per heavy atom. The quantitative estimate of drug-likeness (QED) is 0.782. The zero-order chi connectivity index (χ0) is 10.6. The molecule has 1 saturated carbocycles. The lowest BCUT2D eigenvalue weighted by Crippen LogP contribution is -2.41. The molecule has 0 unspecified atom stereocenters. The fraction of sp³-hybridized carbons (Fsp3) is 0.667. The van der Waals surface area contributed by atoms with E-state index in [1.807, 2.05) is 0 Å². The van der Waals surface area contributed by atoms with Crippen LogP contribution in [0.2, 0.25) is 0 Å². The third-order valence-corrected chi connectivity index (χ3v) is 3.84. The molecule has 0 aromatic carbocycles. The molecular weight excluding hydrogens is 206 g/mol. The number of rotatable bonds is 5. The highest BCUT2D eigenvalue weighted by Crippen LogP contribution is 2.27. The van der Waals surface area contributed by atoms with Gasteiger partial charge in [0.25, 0.3) is 0 Å². The van der Waals surface area contributed by atoms with Crippen molar-refractivity contribution in [2.45, 2.75) is 37.6 Å². The monoisotopic (exact) mass is 225 g/mol. The second kappa shape index (κ2) is 5.10. The van der Waals surface area contributed by atoms with Gasteiger partial charge in [-0.1, -0.05) is 12.8 Å². The average Bonchev–Trinajstić information content (AvgIpc) is 2.84. The topological polar surface area (TPSA) is 35.2 Å². The van der Waals surface area contributed by atoms with E-state index in [0.29, 0.717) is 0 Å². The van der Waals surface area contributed by atoms with Crippen LogP contribution in [0.3, 0.4) is 0 Å². The average molecular weight is 225 g/mol. The first-order valence-corrected chi connectivity index (χ1v) is 6.61. The van der Waals surface area contributed by atoms with Crippen molar-refractivity contribution in [3.05, 3.63) is 22.4 Å². The first kappa shape index (κ1) is 11.1. The Balaban J connectivity index is 1.62. The highest BCUT2D eigenvalue weighted by molar-refractivity contribution is 7.07. The Kier molecular flexibility index (Phi) is 3.78. The number of hydrogen-bond donors (Lipinski definition) is 1. The fourth-order valence-corrected chi connectivity index (χ4v) is 2.83. The van der Waals surface area contributed by atoms with Crippen LogP contribution in [0.1, 0.15) is 31.2 Å². The van der Waals surface area contributed by atoms with Gasteiger partial charge in [0.2, 0.25) is 0 Å². The smallest absolute Gasteiger partial charge is 0.0646 e. The van der Waals surface area contributed by atoms with Gasteiger partial charge in [-0.05, 0) is 41.7 Å². The van der Waals surface area contributed by atoms with Crippen LogP contribution in [0.4, 0.5) is 0 Å². The highest BCUT2D eigenvalue weighted by Gasteiger charge is 2.29. The lowest BCUT2D eigenvalue weighted by Gasteiger charge is -2.22. The fourth-order valence-electron chi connectivity index (χ4n) is 2.12. The first-order valence-electron chi connectivity index (χ1n) is 5.66. The minimum Gasteiger partial charge on any atom is -0.379 e. The molecule has 1 heterocycles. The van der Waals surface area contributed by atoms with E-state index in [-0.39, 0.29) is 5.54 Å². The van der Waals surface area contributed by atoms with Crippen LogP contribution >= 0.6 is 11.3 Å². The van der Waals surface area contributed by atoms with Crippen LogP contribution in [-0.4, -0.2) is 18.8 Å². The molecule has 0 aliphatic heterocycles. The summed E-state index contributed by atoms with van der Waals surface area (Å²) in [6, 6.07) is 2.15. The van der Waals surface area contributed by atoms with Crippen molar-refractivity contribution in [3.8, 4) is 0 Å². The van der Waals surface area contributed by atoms with Gasteiger partial charge in [-0.3, -0.25) is 0 Å². The molecule has 2 nitrogen and oxygen atoms in total. The number of thiophene rings is 1. The van der Waals surface area contributed by atoms with Crippen molar-refractivity contribution in [2.24, 2.45) is 5.73 Å². The molecule has 0 atom stereocenters. The molecule has 1 fully saturated rings. The standard InChI is InChI=1S/C12H19NOS/c13-12(5-1-2-6-12)10-14-7-3-11-4-8-15-9-11/h4,8-9H,1-3,5-7,10,13H2. The summed E-state index contributed by atoms with van der Waals surface area (Å²) in [5, 5.41) is 4.29. The van der Waals surface area contributed by atoms with Gasteiger partial charge in [0.05, 0.1) is 13.2 Å². The second-order valence-corrected chi connectivity index (χ2v) is 5.28. The molecule has 1 aromatic rings. The first-order chi connectivity index (χ1) is 7.29. The van der Waals surface area contributed by atoms with Crippen molar-refractivity contribution in [1.29, 1.82) is 0 Å². The molecule has 1 aliphatic rings. The maximum absolute atomic E-state index is 6.20. The Bertz CT molecular complexity index is 278. The van der Waals surface area contributed by atoms with Crippen molar-refractivity contribution >= 4 is 11.3 Å². The van der Waals surface area contributed by atoms with Crippen molar-refractivity contribution in [3.63, 3.8) is 0 Å². The van der Waals surface area contributed by atoms with E-state index in [2.05, 4.69) is 16.8 Å². The van der Waals surface area contributed by atoms with Gasteiger partial charge >= 0.3 is 0 Å². The summed E-state index contributed by atoms with van der Waals surface area (Å²) in [4.78, 5) is 0. The molecule has 0 bridgehead atoms. The van der Waals surface area contributed by atoms with Gasteiger partial charge in [0, 0.05) is 5.54 Å². The molecule has 0 spiro atoms. The van der Waals surface area contributed by atoms with Crippen molar-refractivity contribution < 1.29 is 4.74 Å². The predicted molar refractivity (Wildman–Crippen MR) is 64.2 cm³/mol. The molecule has 1 aliphatic carbocycles. The van der Waals surface area contributed by atoms with Gasteiger partial charge in [0.1, 0.15) is 0 Å². The maximum Gasteiger partial charge on any atom is 0.0646 e. The molecule has 0 amide bonds. The largest absolute Gasteiger partial charge is 0.379 e. The van der Waals surface area contributed by atoms with Crippen LogP contribution in [0.15, 0.2) is 16.8 Å². The maximum atomic E-state index is 6.20. The zero-order valence-corrected chi connectivity index (χ0v) is 9.89. The third kappa shape index (κ3) is 3.30. The number of ether oxygens (including phenoxy) is 1. The number of nitrogens with two attached hydrogens (primary N) is 1. The zero-order valence-electron chi connectivity index (χ0n) is 9.08. The summed E-state index contributed by atoms with van der Waals surface area (Å²) in [7, 11) is 0. The number of hydrogen-bond acceptors (Lipinski definition) is 3. The molecule has 2 rings (SSSR count). The Hall–Kier alpha value is -0.380. The van der Waals surface area contributed by atoms with Crippen LogP contribution in [0, 0.1) is 0 Å². The summed E-state index contributed by atoms with van der Waals surface area (Å²) < 4.78 is 5.67. The summed E-state index contributed by atoms with van der Waals surface area (Å²) in [5.74, 6) is 0. The molecule has 84 valence electrons. The highest BCUT2D eigenvalue weighted by atomic mass is 32.1. The Morgan fingerprint density at radius 1 is 1.40 bits per heavy atom. The summed E-state index contributed by atoms with van der Waals surface area (Å²) >= 11 is 1.74. The SMILES string of the molecule is NC1(COCCc2ccsc2)CCCC1. The van der Waals surface area contributed by atoms with Gasteiger partial charge in [-0.2, -0.15) is 11.3 Å². The van der Waals surface area contributed by atoms with E-state index in [9.17, 15) is 0 Å². The molecule has 2 N–H and O–H groups in total. The van der Waals surface area contributed by atoms with Gasteiger partial charge in [-0.15, -0.1) is 0 Å². The van der Waals surface area contributed by atoms with Crippen LogP contribution < -0.4 is 5.73 Å². The van der Waals surface area contributed by atoms with Crippen molar-refractivity contribution in [2.75, 3.05) is 13.2 Å². The van der Waals surface area contributed by atoms with Crippen LogP contribution in [0.25, 0.3) is 0 Å². The predicted octanol–water partition coefficient (Wildman–Crippen LogP) is 2.58. The summed E-state index contributed by atoms with van der Waals surface area (Å²) in [5.41, 5.74) is 7.55. The van der Waals surface area contributed by atoms with E-state index in [1.54, 1.807) is 11.3 Å². The third-order valence-electron chi connectivity index (χ3n) is 3.10. The minimum absolute atomic E-state index is 0.0192. The normalized spacial score (nSPS) is 19.5. The lowest BCUT2D eigenvalue weighted by atomic mass is 10.0. The lowest BCUT2D eigenvalue weighted by molar-refractivity contribution is 0.0890. The molecule has 0 radical (unpaired) electrons. The van der Waals surface area contributed by atoms with E-state index in [1.165, 1.54) is 18.4 Å².